The van der Waals surface area contributed by atoms with E-state index in [4.69, 9.17) is 11.6 Å². The average Bonchev–Trinajstić information content (AvgIpc) is 2.31. The Kier molecular flexibility index (Phi) is 2.40. The van der Waals surface area contributed by atoms with Crippen molar-refractivity contribution in [2.24, 2.45) is 11.8 Å². The lowest BCUT2D eigenvalue weighted by Gasteiger charge is -2.38. The third-order valence-corrected chi connectivity index (χ3v) is 4.32. The maximum atomic E-state index is 5.92. The molecule has 0 amide bonds. The molecule has 0 heterocycles. The van der Waals surface area contributed by atoms with E-state index in [-0.39, 0.29) is 0 Å². The van der Waals surface area contributed by atoms with Crippen molar-refractivity contribution < 1.29 is 0 Å². The van der Waals surface area contributed by atoms with Crippen LogP contribution in [0.3, 0.4) is 0 Å². The predicted molar refractivity (Wildman–Crippen MR) is 63.9 cm³/mol. The zero-order valence-corrected chi connectivity index (χ0v) is 9.63. The van der Waals surface area contributed by atoms with Crippen molar-refractivity contribution >= 4 is 11.6 Å². The van der Waals surface area contributed by atoms with E-state index >= 15 is 0 Å². The highest BCUT2D eigenvalue weighted by atomic mass is 35.5. The minimum absolute atomic E-state index is 0.848. The highest BCUT2D eigenvalue weighted by molar-refractivity contribution is 6.30. The van der Waals surface area contributed by atoms with Crippen LogP contribution in [0, 0.1) is 17.8 Å². The van der Waals surface area contributed by atoms with E-state index in [9.17, 15) is 0 Å². The van der Waals surface area contributed by atoms with Crippen molar-refractivity contribution in [2.75, 3.05) is 0 Å². The Labute approximate surface area is 96.6 Å². The molecule has 2 bridgehead atoms. The molecule has 0 atom stereocenters. The van der Waals surface area contributed by atoms with Gasteiger partial charge in [0.15, 0.2) is 0 Å². The summed E-state index contributed by atoms with van der Waals surface area (Å²) in [6.07, 6.45) is 7.10. The van der Waals surface area contributed by atoms with E-state index in [1.165, 1.54) is 37.7 Å². The summed E-state index contributed by atoms with van der Waals surface area (Å²) >= 11 is 5.92. The summed E-state index contributed by atoms with van der Waals surface area (Å²) in [5.74, 6) is 3.55. The molecule has 0 saturated heterocycles. The maximum absolute atomic E-state index is 5.92. The van der Waals surface area contributed by atoms with Gasteiger partial charge in [-0.05, 0) is 31.6 Å². The highest BCUT2D eigenvalue weighted by Crippen LogP contribution is 2.48. The van der Waals surface area contributed by atoms with Crippen LogP contribution >= 0.6 is 11.6 Å². The van der Waals surface area contributed by atoms with Crippen LogP contribution in [-0.4, -0.2) is 0 Å². The van der Waals surface area contributed by atoms with Gasteiger partial charge in [-0.1, -0.05) is 11.6 Å². The summed E-state index contributed by atoms with van der Waals surface area (Å²) in [4.78, 5) is 0. The van der Waals surface area contributed by atoms with E-state index in [0.717, 1.165) is 16.9 Å². The summed E-state index contributed by atoms with van der Waals surface area (Å²) in [5, 5.41) is 0.848. The van der Waals surface area contributed by atoms with Crippen molar-refractivity contribution in [3.63, 3.8) is 0 Å². The first-order valence-electron chi connectivity index (χ1n) is 5.94. The lowest BCUT2D eigenvalue weighted by Crippen LogP contribution is -2.30. The predicted octanol–water partition coefficient (Wildman–Crippen LogP) is 4.47. The third-order valence-electron chi connectivity index (χ3n) is 4.06. The van der Waals surface area contributed by atoms with Gasteiger partial charge < -0.3 is 0 Å². The topological polar surface area (TPSA) is 0 Å². The molecule has 15 heavy (non-hydrogen) atoms. The summed E-state index contributed by atoms with van der Waals surface area (Å²) in [7, 11) is 0. The molecular formula is C14H16Cl+. The molecule has 0 aromatic heterocycles. The first-order valence-corrected chi connectivity index (χ1v) is 6.32. The number of halogens is 1. The van der Waals surface area contributed by atoms with Crippen molar-refractivity contribution in [1.29, 1.82) is 0 Å². The molecule has 0 aliphatic heterocycles. The maximum Gasteiger partial charge on any atom is 0.133 e. The molecule has 4 rings (SSSR count). The zero-order chi connectivity index (χ0) is 10.3. The van der Waals surface area contributed by atoms with Gasteiger partial charge in [0.05, 0.1) is 5.02 Å². The van der Waals surface area contributed by atoms with Gasteiger partial charge in [0.2, 0.25) is 0 Å². The van der Waals surface area contributed by atoms with Crippen LogP contribution in [0.4, 0.5) is 0 Å². The van der Waals surface area contributed by atoms with Crippen molar-refractivity contribution in [1.82, 2.24) is 0 Å². The first kappa shape index (κ1) is 9.59. The fourth-order valence-electron chi connectivity index (χ4n) is 3.21. The van der Waals surface area contributed by atoms with Gasteiger partial charge in [-0.25, -0.2) is 0 Å². The van der Waals surface area contributed by atoms with E-state index in [0.29, 0.717) is 0 Å². The van der Waals surface area contributed by atoms with Crippen molar-refractivity contribution in [3.8, 4) is 0 Å². The van der Waals surface area contributed by atoms with Gasteiger partial charge in [-0.15, -0.1) is 0 Å². The van der Waals surface area contributed by atoms with E-state index in [1.807, 2.05) is 12.1 Å². The number of hydrogen-bond acceptors (Lipinski definition) is 0. The average molecular weight is 220 g/mol. The Morgan fingerprint density at radius 2 is 1.67 bits per heavy atom. The first-order chi connectivity index (χ1) is 7.33. The number of fused-ring (bicyclic) bond motifs is 3. The largest absolute Gasteiger partial charge is 0.133 e. The lowest BCUT2D eigenvalue weighted by atomic mass is 9.63. The van der Waals surface area contributed by atoms with E-state index in [2.05, 4.69) is 12.1 Å². The second kappa shape index (κ2) is 3.75. The Morgan fingerprint density at radius 3 is 2.20 bits per heavy atom. The van der Waals surface area contributed by atoms with E-state index < -0.39 is 0 Å². The fourth-order valence-corrected chi connectivity index (χ4v) is 3.34. The summed E-state index contributed by atoms with van der Waals surface area (Å²) < 4.78 is 0. The molecule has 0 spiro atoms. The number of hydrogen-bond donors (Lipinski definition) is 0. The Hall–Kier alpha value is -0.620. The fraction of sp³-hybridized carbons (Fsp3) is 0.500. The molecule has 0 N–H and O–H groups in total. The van der Waals surface area contributed by atoms with Gasteiger partial charge in [0, 0.05) is 42.5 Å². The van der Waals surface area contributed by atoms with Crippen LogP contribution in [0.2, 0.25) is 5.02 Å². The Morgan fingerprint density at radius 1 is 1.00 bits per heavy atom. The molecule has 0 radical (unpaired) electrons. The molecule has 3 saturated carbocycles. The number of rotatable bonds is 1. The van der Waals surface area contributed by atoms with Crippen LogP contribution in [0.1, 0.15) is 37.7 Å². The summed E-state index contributed by atoms with van der Waals surface area (Å²) in [6, 6.07) is 8.43. The molecule has 0 unspecified atom stereocenters. The minimum atomic E-state index is 0.848. The molecule has 1 heteroatoms. The van der Waals surface area contributed by atoms with Crippen molar-refractivity contribution in [3.05, 3.63) is 40.8 Å². The van der Waals surface area contributed by atoms with Crippen LogP contribution in [-0.2, 0) is 0 Å². The molecule has 3 aliphatic rings. The highest BCUT2D eigenvalue weighted by Gasteiger charge is 2.40. The lowest BCUT2D eigenvalue weighted by molar-refractivity contribution is 0.210. The molecule has 0 nitrogen and oxygen atoms in total. The smallest absolute Gasteiger partial charge is 0.0818 e. The molecule has 78 valence electrons. The summed E-state index contributed by atoms with van der Waals surface area (Å²) in [6.45, 7) is 0. The second-order valence-corrected chi connectivity index (χ2v) is 5.39. The quantitative estimate of drug-likeness (QED) is 0.612. The number of benzene rings is 1. The monoisotopic (exact) mass is 219 g/mol. The van der Waals surface area contributed by atoms with E-state index in [1.54, 1.807) is 5.92 Å². The molecule has 1 aromatic carbocycles. The third kappa shape index (κ3) is 1.76. The standard InChI is InChI=1S/C14H16Cl/c15-13-7-5-12(6-8-13)14-9-10-1-3-11(14)4-2-10/h5-8,10-11H,1-4,9H2/q+1. The molecule has 1 aromatic rings. The normalized spacial score (nSPS) is 29.5. The Bertz CT molecular complexity index is 333. The second-order valence-electron chi connectivity index (χ2n) is 4.95. The molecule has 3 fully saturated rings. The molecule has 3 aliphatic carbocycles. The van der Waals surface area contributed by atoms with Crippen molar-refractivity contribution in [2.45, 2.75) is 32.1 Å². The van der Waals surface area contributed by atoms with Crippen LogP contribution in [0.25, 0.3) is 0 Å². The van der Waals surface area contributed by atoms with Crippen LogP contribution in [0.15, 0.2) is 24.3 Å². The molecular weight excluding hydrogens is 204 g/mol. The van der Waals surface area contributed by atoms with Gasteiger partial charge in [-0.3, -0.25) is 0 Å². The van der Waals surface area contributed by atoms with Crippen LogP contribution < -0.4 is 0 Å². The van der Waals surface area contributed by atoms with Crippen LogP contribution in [0.5, 0.6) is 0 Å². The zero-order valence-electron chi connectivity index (χ0n) is 8.88. The Balaban J connectivity index is 1.85. The minimum Gasteiger partial charge on any atom is -0.0818 e. The SMILES string of the molecule is Clc1ccc([C+]2CC3CCC2CC3)cc1. The van der Waals surface area contributed by atoms with Gasteiger partial charge in [-0.2, -0.15) is 0 Å². The van der Waals surface area contributed by atoms with Gasteiger partial charge >= 0.3 is 0 Å². The van der Waals surface area contributed by atoms with Gasteiger partial charge in [0.1, 0.15) is 5.56 Å². The van der Waals surface area contributed by atoms with Gasteiger partial charge in [0.25, 0.3) is 0 Å². The summed E-state index contributed by atoms with van der Waals surface area (Å²) in [5.41, 5.74) is 1.44.